The number of alkyl carbamates (subject to hydrolysis) is 2. The van der Waals surface area contributed by atoms with E-state index in [1.807, 2.05) is 84.9 Å². The molecule has 0 unspecified atom stereocenters. The summed E-state index contributed by atoms with van der Waals surface area (Å²) in [5.74, 6) is -2.85. The lowest BCUT2D eigenvalue weighted by atomic mass is 10.1. The van der Waals surface area contributed by atoms with Crippen LogP contribution in [0.3, 0.4) is 0 Å². The summed E-state index contributed by atoms with van der Waals surface area (Å²) in [6.45, 7) is 16.0. The third-order valence-electron chi connectivity index (χ3n) is 12.4. The molecule has 0 atom stereocenters. The van der Waals surface area contributed by atoms with Crippen molar-refractivity contribution in [3.63, 3.8) is 0 Å². The number of esters is 4. The number of carbonyl (C=O) groups excluding carboxylic acids is 6. The molecule has 19 heteroatoms. The lowest BCUT2D eigenvalue weighted by Crippen LogP contribution is -2.54. The van der Waals surface area contributed by atoms with Gasteiger partial charge in [-0.05, 0) is 92.5 Å². The largest absolute Gasteiger partial charge is 0.460 e. The van der Waals surface area contributed by atoms with E-state index >= 15 is 0 Å². The number of nitrogens with one attached hydrogen (secondary N) is 2. The van der Waals surface area contributed by atoms with E-state index < -0.39 is 47.1 Å². The molecule has 2 heterocycles. The molecule has 2 aliphatic rings. The summed E-state index contributed by atoms with van der Waals surface area (Å²) in [5.41, 5.74) is 4.36. The second kappa shape index (κ2) is 28.1. The van der Waals surface area contributed by atoms with Gasteiger partial charge in [-0.3, -0.25) is 0 Å². The van der Waals surface area contributed by atoms with Crippen LogP contribution in [0.2, 0.25) is 0 Å². The zero-order chi connectivity index (χ0) is 57.1. The van der Waals surface area contributed by atoms with Crippen LogP contribution in [0.15, 0.2) is 205 Å². The summed E-state index contributed by atoms with van der Waals surface area (Å²) >= 11 is 3.21. The normalized spacial score (nSPS) is 14.1. The number of amides is 2. The number of fused-ring (bicyclic) bond motifs is 2. The van der Waals surface area contributed by atoms with E-state index in [0.29, 0.717) is 25.9 Å². The van der Waals surface area contributed by atoms with Crippen LogP contribution in [0.1, 0.15) is 31.7 Å². The molecule has 80 heavy (non-hydrogen) atoms. The Balaban J connectivity index is 1.17. The Labute approximate surface area is 472 Å². The quantitative estimate of drug-likeness (QED) is 0.0230. The van der Waals surface area contributed by atoms with Gasteiger partial charge in [-0.25, -0.2) is 28.8 Å². The maximum Gasteiger partial charge on any atom is 0.408 e. The molecule has 1 aliphatic carbocycles. The molecule has 0 saturated heterocycles. The molecule has 1 aliphatic heterocycles. The lowest BCUT2D eigenvalue weighted by molar-refractivity contribution is -0.669. The van der Waals surface area contributed by atoms with Crippen molar-refractivity contribution < 1.29 is 61.8 Å². The Hall–Kier alpha value is -8.94. The van der Waals surface area contributed by atoms with Crippen molar-refractivity contribution >= 4 is 92.5 Å². The van der Waals surface area contributed by atoms with E-state index in [0.717, 1.165) is 83.4 Å². The van der Waals surface area contributed by atoms with Crippen LogP contribution in [0.4, 0.5) is 26.7 Å². The summed E-state index contributed by atoms with van der Waals surface area (Å²) in [4.78, 5) is 79.6. The molecule has 0 saturated carbocycles. The fourth-order valence-corrected chi connectivity index (χ4v) is 10.6. The van der Waals surface area contributed by atoms with Crippen LogP contribution in [0, 0.1) is 0 Å². The van der Waals surface area contributed by atoms with E-state index in [2.05, 4.69) is 99.9 Å². The zero-order valence-electron chi connectivity index (χ0n) is 44.5. The number of hydrogen-bond acceptors (Lipinski definition) is 16. The first-order chi connectivity index (χ1) is 38.6. The topological polar surface area (TPSA) is 192 Å². The van der Waals surface area contributed by atoms with Crippen molar-refractivity contribution in [3.8, 4) is 0 Å². The van der Waals surface area contributed by atoms with Gasteiger partial charge in [0.2, 0.25) is 5.52 Å². The van der Waals surface area contributed by atoms with E-state index in [-0.39, 0.29) is 39.6 Å². The Morgan fingerprint density at radius 2 is 1.11 bits per heavy atom. The fourth-order valence-electron chi connectivity index (χ4n) is 8.45. The molecule has 0 spiro atoms. The van der Waals surface area contributed by atoms with Crippen molar-refractivity contribution in [3.05, 3.63) is 205 Å². The lowest BCUT2D eigenvalue weighted by Gasteiger charge is -2.29. The number of nitrogens with zero attached hydrogens (tertiary/aromatic N) is 3. The number of thiazole rings is 1. The van der Waals surface area contributed by atoms with Gasteiger partial charge in [0, 0.05) is 52.7 Å². The number of thioether (sulfide) groups is 1. The molecule has 1 aromatic heterocycles. The minimum Gasteiger partial charge on any atom is -0.460 e. The Bertz CT molecular complexity index is 3170. The van der Waals surface area contributed by atoms with Crippen LogP contribution in [0.25, 0.3) is 16.3 Å². The average Bonchev–Trinajstić information content (AvgIpc) is 4.16. The average molecular weight is 1120 g/mol. The number of allylic oxidation sites excluding steroid dienone is 5. The second-order valence-corrected chi connectivity index (χ2v) is 20.7. The van der Waals surface area contributed by atoms with Crippen LogP contribution < -0.4 is 25.0 Å². The third kappa shape index (κ3) is 15.9. The third-order valence-corrected chi connectivity index (χ3v) is 14.6. The molecule has 414 valence electrons. The summed E-state index contributed by atoms with van der Waals surface area (Å²) in [6, 6.07) is 36.4. The smallest absolute Gasteiger partial charge is 0.408 e. The number of ether oxygens (including phenoxy) is 6. The van der Waals surface area contributed by atoms with Gasteiger partial charge < -0.3 is 48.9 Å². The van der Waals surface area contributed by atoms with Crippen molar-refractivity contribution in [2.24, 2.45) is 0 Å². The Morgan fingerprint density at radius 3 is 1.66 bits per heavy atom. The number of para-hydroxylation sites is 4. The number of benzene rings is 4. The molecule has 17 nitrogen and oxygen atoms in total. The molecule has 5 aromatic rings. The van der Waals surface area contributed by atoms with Gasteiger partial charge in [-0.2, -0.15) is 4.57 Å². The minimum atomic E-state index is -1.33. The minimum absolute atomic E-state index is 0.0277. The molecule has 2 amide bonds. The SMILES string of the molecule is C=CC(=O)OCC(C)(COC(=O)C=C)NC(=O)OCCN1C(=CC=C2CCC(C=Cc3sc4ccccc4[n+]3CCOC(=O)NC(C)(COC(=O)C=C)COC(=O)C=C)=C2N(c2ccccc2)c2ccccc2)Sc2ccccc21. The predicted molar refractivity (Wildman–Crippen MR) is 309 cm³/mol. The fraction of sp³-hybridized carbons (Fsp3) is 0.230. The summed E-state index contributed by atoms with van der Waals surface area (Å²) in [5, 5.41) is 7.19. The Morgan fingerprint density at radius 1 is 0.613 bits per heavy atom. The zero-order valence-corrected chi connectivity index (χ0v) is 46.1. The van der Waals surface area contributed by atoms with E-state index in [9.17, 15) is 28.8 Å². The number of aromatic nitrogens is 1. The van der Waals surface area contributed by atoms with Gasteiger partial charge >= 0.3 is 36.1 Å². The number of anilines is 3. The summed E-state index contributed by atoms with van der Waals surface area (Å²) < 4.78 is 35.3. The van der Waals surface area contributed by atoms with Crippen molar-refractivity contribution in [1.29, 1.82) is 0 Å². The maximum atomic E-state index is 13.3. The van der Waals surface area contributed by atoms with Gasteiger partial charge in [-0.15, -0.1) is 0 Å². The van der Waals surface area contributed by atoms with Crippen molar-refractivity contribution in [2.75, 3.05) is 56.0 Å². The molecule has 0 bridgehead atoms. The number of hydrogen-bond donors (Lipinski definition) is 2. The summed E-state index contributed by atoms with van der Waals surface area (Å²) in [6.07, 6.45) is 12.3. The van der Waals surface area contributed by atoms with E-state index in [1.54, 1.807) is 36.9 Å². The monoisotopic (exact) mass is 1120 g/mol. The predicted octanol–water partition coefficient (Wildman–Crippen LogP) is 10.4. The molecule has 0 radical (unpaired) electrons. The van der Waals surface area contributed by atoms with Gasteiger partial charge in [0.1, 0.15) is 48.8 Å². The van der Waals surface area contributed by atoms with E-state index in [4.69, 9.17) is 28.4 Å². The highest BCUT2D eigenvalue weighted by atomic mass is 32.2. The molecule has 7 rings (SSSR count). The highest BCUT2D eigenvalue weighted by Gasteiger charge is 2.34. The second-order valence-electron chi connectivity index (χ2n) is 18.6. The van der Waals surface area contributed by atoms with Gasteiger partial charge in [0.25, 0.3) is 5.01 Å². The van der Waals surface area contributed by atoms with Crippen LogP contribution >= 0.6 is 23.1 Å². The van der Waals surface area contributed by atoms with Gasteiger partial charge in [0.05, 0.1) is 23.0 Å². The first-order valence-corrected chi connectivity index (χ1v) is 27.0. The van der Waals surface area contributed by atoms with Gasteiger partial charge in [0.15, 0.2) is 13.2 Å². The van der Waals surface area contributed by atoms with Crippen LogP contribution in [-0.4, -0.2) is 93.3 Å². The first-order valence-electron chi connectivity index (χ1n) is 25.4. The number of carbonyl (C=O) groups is 6. The highest BCUT2D eigenvalue weighted by Crippen LogP contribution is 2.47. The molecule has 2 N–H and O–H groups in total. The molecular weight excluding hydrogens is 1060 g/mol. The van der Waals surface area contributed by atoms with Crippen LogP contribution in [-0.2, 0) is 54.1 Å². The van der Waals surface area contributed by atoms with Crippen molar-refractivity contribution in [2.45, 2.75) is 49.2 Å². The standard InChI is InChI=1S/C61H61N5O12S2/c1-7-53(67)75-39-60(5,40-76-54(68)8-2)62-58(71)73-37-35-64-47-25-17-19-27-49(47)79-51(64)33-31-43-29-30-44(57(43)66(45-21-13-11-14-22-45)46-23-15-12-16-24-46)32-34-52-65(48-26-18-20-28-50(48)80-52)36-38-74-59(72)63-61(6,41-77-55(69)9-3)42-78-56(70)10-4/h7-28,31-34H,1-4,29-30,35-42H2,5-6H3,(H-,62,63,71,72)/p+1. The molecule has 0 fully saturated rings. The number of rotatable bonds is 26. The Kier molecular flexibility index (Phi) is 20.6. The highest BCUT2D eigenvalue weighted by molar-refractivity contribution is 8.03. The first kappa shape index (κ1) is 58.7. The maximum absolute atomic E-state index is 13.3. The molecular formula is C61H62N5O12S2+. The van der Waals surface area contributed by atoms with Gasteiger partial charge in [-0.1, -0.05) is 116 Å². The van der Waals surface area contributed by atoms with Crippen LogP contribution in [0.5, 0.6) is 0 Å². The van der Waals surface area contributed by atoms with Crippen molar-refractivity contribution in [1.82, 2.24) is 10.6 Å². The summed E-state index contributed by atoms with van der Waals surface area (Å²) in [7, 11) is 0. The van der Waals surface area contributed by atoms with E-state index in [1.165, 1.54) is 0 Å². The molecule has 4 aromatic carbocycles.